The van der Waals surface area contributed by atoms with E-state index in [0.29, 0.717) is 11.7 Å². The van der Waals surface area contributed by atoms with E-state index in [2.05, 4.69) is 4.90 Å². The molecular formula is C15H24N2O2. The second kappa shape index (κ2) is 6.78. The molecule has 1 unspecified atom stereocenters. The number of benzene rings is 1. The van der Waals surface area contributed by atoms with E-state index in [1.165, 1.54) is 12.8 Å². The van der Waals surface area contributed by atoms with Crippen molar-refractivity contribution in [3.63, 3.8) is 0 Å². The number of rotatable bonds is 5. The number of para-hydroxylation sites is 1. The summed E-state index contributed by atoms with van der Waals surface area (Å²) >= 11 is 0. The minimum atomic E-state index is 0.269. The largest absolute Gasteiger partial charge is 0.504 e. The molecule has 1 atom stereocenters. The topological polar surface area (TPSA) is 58.7 Å². The lowest BCUT2D eigenvalue weighted by atomic mass is 9.94. The van der Waals surface area contributed by atoms with E-state index in [0.717, 1.165) is 38.2 Å². The number of likely N-dealkylation sites (tertiary alicyclic amines) is 1. The van der Waals surface area contributed by atoms with Crippen LogP contribution in [-0.4, -0.2) is 36.8 Å². The fourth-order valence-corrected chi connectivity index (χ4v) is 2.87. The summed E-state index contributed by atoms with van der Waals surface area (Å²) in [7, 11) is 1.58. The molecule has 3 N–H and O–H groups in total. The Labute approximate surface area is 115 Å². The first-order valence-corrected chi connectivity index (χ1v) is 7.02. The van der Waals surface area contributed by atoms with Gasteiger partial charge in [0.25, 0.3) is 0 Å². The summed E-state index contributed by atoms with van der Waals surface area (Å²) in [6.07, 6.45) is 3.59. The maximum atomic E-state index is 10.1. The molecule has 0 aliphatic carbocycles. The van der Waals surface area contributed by atoms with E-state index in [1.807, 2.05) is 12.1 Å². The third kappa shape index (κ3) is 3.61. The van der Waals surface area contributed by atoms with E-state index in [-0.39, 0.29) is 5.75 Å². The smallest absolute Gasteiger partial charge is 0.162 e. The number of nitrogens with zero attached hydrogens (tertiary/aromatic N) is 1. The summed E-state index contributed by atoms with van der Waals surface area (Å²) < 4.78 is 5.15. The zero-order valence-corrected chi connectivity index (χ0v) is 11.6. The highest BCUT2D eigenvalue weighted by molar-refractivity contribution is 5.45. The summed E-state index contributed by atoms with van der Waals surface area (Å²) in [5.74, 6) is 1.52. The lowest BCUT2D eigenvalue weighted by Crippen LogP contribution is -2.35. The highest BCUT2D eigenvalue weighted by atomic mass is 16.5. The van der Waals surface area contributed by atoms with Gasteiger partial charge in [-0.25, -0.2) is 0 Å². The van der Waals surface area contributed by atoms with Gasteiger partial charge in [-0.05, 0) is 44.3 Å². The number of aromatic hydroxyl groups is 1. The number of hydrogen-bond acceptors (Lipinski definition) is 4. The highest BCUT2D eigenvalue weighted by Gasteiger charge is 2.20. The number of hydrogen-bond donors (Lipinski definition) is 2. The Hall–Kier alpha value is -1.26. The summed E-state index contributed by atoms with van der Waals surface area (Å²) in [5, 5.41) is 10.1. The molecule has 106 valence electrons. The molecule has 0 spiro atoms. The second-order valence-electron chi connectivity index (χ2n) is 5.29. The van der Waals surface area contributed by atoms with Gasteiger partial charge in [-0.1, -0.05) is 12.1 Å². The molecular weight excluding hydrogens is 240 g/mol. The zero-order chi connectivity index (χ0) is 13.7. The quantitative estimate of drug-likeness (QED) is 0.853. The summed E-state index contributed by atoms with van der Waals surface area (Å²) in [5.41, 5.74) is 6.58. The van der Waals surface area contributed by atoms with Gasteiger partial charge >= 0.3 is 0 Å². The first-order valence-electron chi connectivity index (χ1n) is 7.02. The molecule has 1 fully saturated rings. The SMILES string of the molecule is COc1cccc(CN2CCCC(CCN)C2)c1O. The van der Waals surface area contributed by atoms with Crippen LogP contribution in [0.3, 0.4) is 0 Å². The number of methoxy groups -OCH3 is 1. The molecule has 0 bridgehead atoms. The molecule has 1 aromatic carbocycles. The molecule has 1 aromatic rings. The Kier molecular flexibility index (Phi) is 5.05. The minimum absolute atomic E-state index is 0.269. The minimum Gasteiger partial charge on any atom is -0.504 e. The monoisotopic (exact) mass is 264 g/mol. The summed E-state index contributed by atoms with van der Waals surface area (Å²) in [4.78, 5) is 2.40. The number of nitrogens with two attached hydrogens (primary N) is 1. The van der Waals surface area contributed by atoms with Gasteiger partial charge in [0.15, 0.2) is 11.5 Å². The number of piperidine rings is 1. The average Bonchev–Trinajstić information content (AvgIpc) is 2.42. The Morgan fingerprint density at radius 2 is 2.32 bits per heavy atom. The highest BCUT2D eigenvalue weighted by Crippen LogP contribution is 2.31. The van der Waals surface area contributed by atoms with Crippen LogP contribution in [0, 0.1) is 5.92 Å². The maximum Gasteiger partial charge on any atom is 0.162 e. The zero-order valence-electron chi connectivity index (χ0n) is 11.6. The molecule has 1 saturated heterocycles. The van der Waals surface area contributed by atoms with Crippen molar-refractivity contribution in [1.29, 1.82) is 0 Å². The van der Waals surface area contributed by atoms with Crippen molar-refractivity contribution < 1.29 is 9.84 Å². The van der Waals surface area contributed by atoms with Crippen molar-refractivity contribution in [1.82, 2.24) is 4.90 Å². The average molecular weight is 264 g/mol. The van der Waals surface area contributed by atoms with Gasteiger partial charge in [-0.3, -0.25) is 4.90 Å². The first kappa shape index (κ1) is 14.2. The standard InChI is InChI=1S/C15H24N2O2/c1-19-14-6-2-5-13(15(14)18)11-17-9-3-4-12(10-17)7-8-16/h2,5-6,12,18H,3-4,7-11,16H2,1H3. The van der Waals surface area contributed by atoms with Gasteiger partial charge in [-0.15, -0.1) is 0 Å². The van der Waals surface area contributed by atoms with Crippen molar-refractivity contribution in [2.45, 2.75) is 25.8 Å². The van der Waals surface area contributed by atoms with Crippen LogP contribution in [0.25, 0.3) is 0 Å². The fourth-order valence-electron chi connectivity index (χ4n) is 2.87. The molecule has 1 heterocycles. The van der Waals surface area contributed by atoms with Crippen LogP contribution < -0.4 is 10.5 Å². The second-order valence-corrected chi connectivity index (χ2v) is 5.29. The van der Waals surface area contributed by atoms with Crippen molar-refractivity contribution in [2.75, 3.05) is 26.7 Å². The van der Waals surface area contributed by atoms with E-state index in [9.17, 15) is 5.11 Å². The van der Waals surface area contributed by atoms with Gasteiger partial charge in [0.1, 0.15) is 0 Å². The Bertz CT molecular complexity index is 407. The fraction of sp³-hybridized carbons (Fsp3) is 0.600. The van der Waals surface area contributed by atoms with Crippen LogP contribution in [-0.2, 0) is 6.54 Å². The Morgan fingerprint density at radius 3 is 3.05 bits per heavy atom. The molecule has 0 saturated carbocycles. The van der Waals surface area contributed by atoms with Crippen LogP contribution in [0.4, 0.5) is 0 Å². The normalized spacial score (nSPS) is 20.4. The summed E-state index contributed by atoms with van der Waals surface area (Å²) in [6, 6.07) is 5.67. The number of phenols is 1. The van der Waals surface area contributed by atoms with Crippen molar-refractivity contribution in [3.8, 4) is 11.5 Å². The van der Waals surface area contributed by atoms with Crippen LogP contribution in [0.1, 0.15) is 24.8 Å². The number of phenolic OH excluding ortho intramolecular Hbond substituents is 1. The first-order chi connectivity index (χ1) is 9.24. The van der Waals surface area contributed by atoms with Crippen molar-refractivity contribution in [2.24, 2.45) is 11.7 Å². The van der Waals surface area contributed by atoms with E-state index < -0.39 is 0 Å². The van der Waals surface area contributed by atoms with E-state index >= 15 is 0 Å². The van der Waals surface area contributed by atoms with E-state index in [1.54, 1.807) is 13.2 Å². The van der Waals surface area contributed by atoms with Crippen LogP contribution in [0.5, 0.6) is 11.5 Å². The Morgan fingerprint density at radius 1 is 1.47 bits per heavy atom. The molecule has 4 nitrogen and oxygen atoms in total. The van der Waals surface area contributed by atoms with Gasteiger partial charge in [0.05, 0.1) is 7.11 Å². The summed E-state index contributed by atoms with van der Waals surface area (Å²) in [6.45, 7) is 3.72. The molecule has 2 rings (SSSR count). The van der Waals surface area contributed by atoms with Crippen molar-refractivity contribution in [3.05, 3.63) is 23.8 Å². The predicted molar refractivity (Wildman–Crippen MR) is 76.3 cm³/mol. The molecule has 1 aliphatic heterocycles. The van der Waals surface area contributed by atoms with Crippen molar-refractivity contribution >= 4 is 0 Å². The third-order valence-corrected chi connectivity index (χ3v) is 3.87. The molecule has 0 amide bonds. The van der Waals surface area contributed by atoms with Gasteiger partial charge in [0.2, 0.25) is 0 Å². The third-order valence-electron chi connectivity index (χ3n) is 3.87. The lowest BCUT2D eigenvalue weighted by Gasteiger charge is -2.32. The van der Waals surface area contributed by atoms with Gasteiger partial charge < -0.3 is 15.6 Å². The molecule has 0 aromatic heterocycles. The Balaban J connectivity index is 2.00. The van der Waals surface area contributed by atoms with Gasteiger partial charge in [-0.2, -0.15) is 0 Å². The van der Waals surface area contributed by atoms with Crippen LogP contribution in [0.15, 0.2) is 18.2 Å². The molecule has 4 heteroatoms. The molecule has 0 radical (unpaired) electrons. The predicted octanol–water partition coefficient (Wildman–Crippen LogP) is 1.96. The number of ether oxygens (including phenoxy) is 1. The maximum absolute atomic E-state index is 10.1. The van der Waals surface area contributed by atoms with Crippen LogP contribution in [0.2, 0.25) is 0 Å². The van der Waals surface area contributed by atoms with Gasteiger partial charge in [0, 0.05) is 18.7 Å². The molecule has 1 aliphatic rings. The lowest BCUT2D eigenvalue weighted by molar-refractivity contribution is 0.161. The van der Waals surface area contributed by atoms with E-state index in [4.69, 9.17) is 10.5 Å². The van der Waals surface area contributed by atoms with Crippen LogP contribution >= 0.6 is 0 Å². The molecule has 19 heavy (non-hydrogen) atoms.